The molecule has 1 aliphatic rings. The highest BCUT2D eigenvalue weighted by Crippen LogP contribution is 2.34. The number of rotatable bonds is 4. The minimum Gasteiger partial charge on any atom is -0.459 e. The van der Waals surface area contributed by atoms with Crippen LogP contribution in [-0.2, 0) is 0 Å². The highest BCUT2D eigenvalue weighted by atomic mass is 32.1. The predicted molar refractivity (Wildman–Crippen MR) is 111 cm³/mol. The highest BCUT2D eigenvalue weighted by molar-refractivity contribution is 7.18. The number of furan rings is 1. The number of piperidine rings is 1. The second kappa shape index (κ2) is 7.08. The Balaban J connectivity index is 1.53. The third-order valence-corrected chi connectivity index (χ3v) is 6.51. The number of hydrogen-bond donors (Lipinski definition) is 1. The quantitative estimate of drug-likeness (QED) is 0.554. The van der Waals surface area contributed by atoms with Gasteiger partial charge in [-0.15, -0.1) is 11.3 Å². The average molecular weight is 378 g/mol. The normalized spacial score (nSPS) is 17.7. The van der Waals surface area contributed by atoms with Gasteiger partial charge >= 0.3 is 0 Å². The summed E-state index contributed by atoms with van der Waals surface area (Å²) in [5, 5.41) is 6.08. The number of para-hydroxylation sites is 2. The third kappa shape index (κ3) is 3.38. The summed E-state index contributed by atoms with van der Waals surface area (Å²) >= 11 is 1.76. The van der Waals surface area contributed by atoms with Crippen LogP contribution in [0.15, 0.2) is 59.0 Å². The van der Waals surface area contributed by atoms with Crippen LogP contribution in [0.25, 0.3) is 21.2 Å². The van der Waals surface area contributed by atoms with Gasteiger partial charge in [-0.2, -0.15) is 0 Å². The Hall–Kier alpha value is -2.21. The average Bonchev–Trinajstić information content (AvgIpc) is 3.31. The summed E-state index contributed by atoms with van der Waals surface area (Å²) in [6.45, 7) is 2.26. The van der Waals surface area contributed by atoms with Crippen molar-refractivity contribution in [3.8, 4) is 0 Å². The first kappa shape index (κ1) is 16.9. The first-order valence-electron chi connectivity index (χ1n) is 9.55. The Morgan fingerprint density at radius 3 is 2.70 bits per heavy atom. The fraction of sp³-hybridized carbons (Fsp3) is 0.318. The summed E-state index contributed by atoms with van der Waals surface area (Å²) in [5.41, 5.74) is 1.99. The molecule has 0 radical (unpaired) electrons. The molecule has 2 aromatic heterocycles. The fourth-order valence-corrected chi connectivity index (χ4v) is 4.88. The van der Waals surface area contributed by atoms with Gasteiger partial charge < -0.3 is 9.32 Å². The SMILES string of the molecule is CN1CCC(NC(c2cc3ccccc3o2)c2nc3ccccc3s2)CC1. The predicted octanol–water partition coefficient (Wildman–Crippen LogP) is 4.82. The van der Waals surface area contributed by atoms with Crippen LogP contribution in [-0.4, -0.2) is 36.1 Å². The molecule has 3 heterocycles. The molecule has 4 aromatic rings. The fourth-order valence-electron chi connectivity index (χ4n) is 3.84. The van der Waals surface area contributed by atoms with E-state index in [0.717, 1.165) is 53.2 Å². The molecule has 0 saturated carbocycles. The van der Waals surface area contributed by atoms with Crippen LogP contribution in [0.2, 0.25) is 0 Å². The van der Waals surface area contributed by atoms with E-state index in [4.69, 9.17) is 9.40 Å². The second-order valence-corrected chi connectivity index (χ2v) is 8.45. The largest absolute Gasteiger partial charge is 0.459 e. The number of fused-ring (bicyclic) bond motifs is 2. The third-order valence-electron chi connectivity index (χ3n) is 5.41. The van der Waals surface area contributed by atoms with Crippen molar-refractivity contribution < 1.29 is 4.42 Å². The van der Waals surface area contributed by atoms with Crippen LogP contribution in [0.4, 0.5) is 0 Å². The number of thiazole rings is 1. The lowest BCUT2D eigenvalue weighted by atomic mass is 10.0. The number of hydrogen-bond acceptors (Lipinski definition) is 5. The number of likely N-dealkylation sites (tertiary alicyclic amines) is 1. The molecule has 5 heteroatoms. The summed E-state index contributed by atoms with van der Waals surface area (Å²) in [4.78, 5) is 7.32. The van der Waals surface area contributed by atoms with Crippen molar-refractivity contribution in [2.75, 3.05) is 20.1 Å². The molecule has 0 spiro atoms. The van der Waals surface area contributed by atoms with Gasteiger partial charge in [-0.1, -0.05) is 30.3 Å². The van der Waals surface area contributed by atoms with E-state index in [2.05, 4.69) is 53.7 Å². The Kier molecular flexibility index (Phi) is 4.44. The lowest BCUT2D eigenvalue weighted by Crippen LogP contribution is -2.42. The maximum atomic E-state index is 6.24. The molecule has 0 aliphatic carbocycles. The summed E-state index contributed by atoms with van der Waals surface area (Å²) in [5.74, 6) is 0.953. The molecule has 1 fully saturated rings. The van der Waals surface area contributed by atoms with Crippen molar-refractivity contribution >= 4 is 32.5 Å². The molecule has 27 heavy (non-hydrogen) atoms. The van der Waals surface area contributed by atoms with Crippen molar-refractivity contribution in [1.82, 2.24) is 15.2 Å². The second-order valence-electron chi connectivity index (χ2n) is 7.38. The first-order valence-corrected chi connectivity index (χ1v) is 10.4. The molecular formula is C22H23N3OS. The maximum absolute atomic E-state index is 6.24. The molecule has 2 aromatic carbocycles. The molecule has 0 amide bonds. The van der Waals surface area contributed by atoms with Gasteiger partial charge in [0.05, 0.1) is 10.2 Å². The lowest BCUT2D eigenvalue weighted by Gasteiger charge is -2.31. The Bertz CT molecular complexity index is 921. The number of nitrogens with zero attached hydrogens (tertiary/aromatic N) is 2. The van der Waals surface area contributed by atoms with E-state index in [1.807, 2.05) is 18.2 Å². The van der Waals surface area contributed by atoms with Gasteiger partial charge in [-0.25, -0.2) is 4.98 Å². The number of benzene rings is 2. The Morgan fingerprint density at radius 1 is 1.11 bits per heavy atom. The van der Waals surface area contributed by atoms with Gasteiger partial charge in [0, 0.05) is 11.4 Å². The van der Waals surface area contributed by atoms with Crippen LogP contribution < -0.4 is 5.32 Å². The van der Waals surface area contributed by atoms with Crippen molar-refractivity contribution in [2.45, 2.75) is 24.9 Å². The monoisotopic (exact) mass is 377 g/mol. The topological polar surface area (TPSA) is 41.3 Å². The van der Waals surface area contributed by atoms with Crippen LogP contribution in [0, 0.1) is 0 Å². The molecule has 5 rings (SSSR count). The molecule has 1 saturated heterocycles. The van der Waals surface area contributed by atoms with Gasteiger partial charge in [0.1, 0.15) is 22.4 Å². The van der Waals surface area contributed by atoms with E-state index in [9.17, 15) is 0 Å². The molecule has 4 nitrogen and oxygen atoms in total. The van der Waals surface area contributed by atoms with Gasteiger partial charge in [-0.05, 0) is 57.2 Å². The number of nitrogens with one attached hydrogen (secondary N) is 1. The van der Waals surface area contributed by atoms with E-state index in [1.165, 1.54) is 4.70 Å². The number of aromatic nitrogens is 1. The van der Waals surface area contributed by atoms with Crippen LogP contribution in [0.1, 0.15) is 29.7 Å². The van der Waals surface area contributed by atoms with E-state index in [-0.39, 0.29) is 6.04 Å². The van der Waals surface area contributed by atoms with Gasteiger partial charge in [0.2, 0.25) is 0 Å². The summed E-state index contributed by atoms with van der Waals surface area (Å²) in [6, 6.07) is 19.2. The standard InChI is InChI=1S/C22H23N3OS/c1-25-12-10-16(11-13-25)23-21(19-14-15-6-2-4-8-18(15)26-19)22-24-17-7-3-5-9-20(17)27-22/h2-9,14,16,21,23H,10-13H2,1H3. The minimum absolute atomic E-state index is 0.0109. The zero-order valence-electron chi connectivity index (χ0n) is 15.4. The summed E-state index contributed by atoms with van der Waals surface area (Å²) < 4.78 is 7.46. The van der Waals surface area contributed by atoms with Crippen molar-refractivity contribution in [3.63, 3.8) is 0 Å². The maximum Gasteiger partial charge on any atom is 0.134 e. The zero-order valence-corrected chi connectivity index (χ0v) is 16.2. The van der Waals surface area contributed by atoms with Crippen molar-refractivity contribution in [1.29, 1.82) is 0 Å². The summed E-state index contributed by atoms with van der Waals surface area (Å²) in [6.07, 6.45) is 2.30. The van der Waals surface area contributed by atoms with E-state index in [0.29, 0.717) is 6.04 Å². The molecule has 0 bridgehead atoms. The zero-order chi connectivity index (χ0) is 18.2. The highest BCUT2D eigenvalue weighted by Gasteiger charge is 2.27. The molecule has 1 unspecified atom stereocenters. The molecule has 1 N–H and O–H groups in total. The van der Waals surface area contributed by atoms with E-state index >= 15 is 0 Å². The molecule has 1 atom stereocenters. The van der Waals surface area contributed by atoms with E-state index < -0.39 is 0 Å². The van der Waals surface area contributed by atoms with Crippen molar-refractivity contribution in [2.24, 2.45) is 0 Å². The van der Waals surface area contributed by atoms with Gasteiger partial charge in [0.25, 0.3) is 0 Å². The first-order chi connectivity index (χ1) is 13.3. The van der Waals surface area contributed by atoms with Gasteiger partial charge in [-0.3, -0.25) is 5.32 Å². The van der Waals surface area contributed by atoms with Gasteiger partial charge in [0.15, 0.2) is 0 Å². The van der Waals surface area contributed by atoms with Crippen LogP contribution >= 0.6 is 11.3 Å². The van der Waals surface area contributed by atoms with Crippen molar-refractivity contribution in [3.05, 3.63) is 65.4 Å². The van der Waals surface area contributed by atoms with Crippen LogP contribution in [0.5, 0.6) is 0 Å². The lowest BCUT2D eigenvalue weighted by molar-refractivity contribution is 0.225. The Labute approximate surface area is 162 Å². The Morgan fingerprint density at radius 2 is 1.89 bits per heavy atom. The minimum atomic E-state index is -0.0109. The smallest absolute Gasteiger partial charge is 0.134 e. The molecule has 138 valence electrons. The molecule has 1 aliphatic heterocycles. The van der Waals surface area contributed by atoms with E-state index in [1.54, 1.807) is 11.3 Å². The molecular weight excluding hydrogens is 354 g/mol. The van der Waals surface area contributed by atoms with Crippen LogP contribution in [0.3, 0.4) is 0 Å². The summed E-state index contributed by atoms with van der Waals surface area (Å²) in [7, 11) is 2.19.